The van der Waals surface area contributed by atoms with Gasteiger partial charge in [-0.2, -0.15) is 0 Å². The zero-order valence-electron chi connectivity index (χ0n) is 39.5. The molecule has 2 aromatic carbocycles. The number of ether oxygens (including phenoxy) is 1. The molecule has 0 saturated heterocycles. The standard InChI is InChI=1S/C49H69Cl2N5O14/c1-53(26-36(59)45(66)47(68)38(61)28-57)42(63)18-21-55(22-19-43(64)54(2)27-37(60)46(67)48(69)39(62)29-58)44(65)10-6-3-7-30-11-13-31(14-12-30)25-56(51)49(23-41(49)50)35-24-52-20-17-33(35)34-8-4-5-9-40(34)70-32-15-16-32/h4-5,8-9,11-14,17,20,24,32,36-39,41,45-48,57-62,66-69H,3,6-7,10,15-16,18-19,21-23,25-29H2,1-2H3/t36-,37-,38+,39+,41?,45+,46+,47+,48+,49?/m0/s1. The number of alkyl halides is 1. The molecule has 70 heavy (non-hydrogen) atoms. The first-order valence-corrected chi connectivity index (χ1v) is 24.4. The average molecular weight is 1020 g/mol. The van der Waals surface area contributed by atoms with Crippen molar-refractivity contribution in [3.05, 3.63) is 83.7 Å². The van der Waals surface area contributed by atoms with Crippen LogP contribution in [0.15, 0.2) is 67.0 Å². The number of para-hydroxylation sites is 1. The van der Waals surface area contributed by atoms with Crippen molar-refractivity contribution >= 4 is 41.1 Å². The number of aromatic nitrogens is 1. The Bertz CT molecular complexity index is 2090. The molecule has 2 aliphatic rings. The summed E-state index contributed by atoms with van der Waals surface area (Å²) in [6.45, 7) is -2.52. The van der Waals surface area contributed by atoms with Gasteiger partial charge in [-0.15, -0.1) is 11.6 Å². The third-order valence-electron chi connectivity index (χ3n) is 13.0. The fourth-order valence-electron chi connectivity index (χ4n) is 8.19. The van der Waals surface area contributed by atoms with E-state index in [2.05, 4.69) is 4.98 Å². The third kappa shape index (κ3) is 15.2. The summed E-state index contributed by atoms with van der Waals surface area (Å²) in [6, 6.07) is 18.0. The zero-order valence-corrected chi connectivity index (χ0v) is 41.0. The Labute approximate surface area is 418 Å². The van der Waals surface area contributed by atoms with E-state index < -0.39 is 92.5 Å². The van der Waals surface area contributed by atoms with E-state index in [-0.39, 0.29) is 49.7 Å². The van der Waals surface area contributed by atoms with Crippen LogP contribution in [0.25, 0.3) is 11.1 Å². The van der Waals surface area contributed by atoms with Gasteiger partial charge in [0.1, 0.15) is 54.6 Å². The number of aliphatic hydroxyl groups is 10. The van der Waals surface area contributed by atoms with Crippen LogP contribution in [-0.2, 0) is 32.9 Å². The molecule has 388 valence electrons. The van der Waals surface area contributed by atoms with Gasteiger partial charge in [-0.25, -0.2) is 4.42 Å². The minimum atomic E-state index is -1.89. The van der Waals surface area contributed by atoms with Crippen LogP contribution < -0.4 is 4.74 Å². The Morgan fingerprint density at radius 2 is 1.21 bits per heavy atom. The normalized spacial score (nSPS) is 20.1. The van der Waals surface area contributed by atoms with Gasteiger partial charge in [0, 0.05) is 89.6 Å². The molecule has 10 atom stereocenters. The summed E-state index contributed by atoms with van der Waals surface area (Å²) in [5.74, 6) is -0.641. The summed E-state index contributed by atoms with van der Waals surface area (Å²) in [7, 11) is 2.66. The molecule has 3 amide bonds. The Morgan fingerprint density at radius 1 is 0.700 bits per heavy atom. The van der Waals surface area contributed by atoms with Crippen molar-refractivity contribution in [2.45, 2.75) is 130 Å². The van der Waals surface area contributed by atoms with Crippen LogP contribution in [0.1, 0.15) is 68.1 Å². The molecule has 0 aliphatic heterocycles. The van der Waals surface area contributed by atoms with Crippen molar-refractivity contribution in [1.82, 2.24) is 24.1 Å². The minimum Gasteiger partial charge on any atom is -0.490 e. The number of amides is 3. The number of hydrogen-bond acceptors (Lipinski definition) is 16. The summed E-state index contributed by atoms with van der Waals surface area (Å²) < 4.78 is 8.02. The van der Waals surface area contributed by atoms with E-state index in [4.69, 9.17) is 38.3 Å². The van der Waals surface area contributed by atoms with Crippen molar-refractivity contribution in [1.29, 1.82) is 0 Å². The molecule has 2 saturated carbocycles. The number of pyridine rings is 1. The first kappa shape index (κ1) is 56.8. The fourth-order valence-corrected chi connectivity index (χ4v) is 9.13. The Kier molecular flexibility index (Phi) is 21.6. The first-order chi connectivity index (χ1) is 33.3. The molecule has 3 aromatic rings. The molecular weight excluding hydrogens is 953 g/mol. The largest absolute Gasteiger partial charge is 0.490 e. The predicted octanol–water partition coefficient (Wildman–Crippen LogP) is 0.262. The molecule has 2 unspecified atom stereocenters. The number of rotatable bonds is 30. The van der Waals surface area contributed by atoms with Gasteiger partial charge < -0.3 is 70.5 Å². The molecule has 5 rings (SSSR count). The maximum Gasteiger partial charge on any atom is 0.224 e. The van der Waals surface area contributed by atoms with E-state index in [9.17, 15) is 55.2 Å². The molecule has 21 heteroatoms. The molecular formula is C49H69Cl2N5O14. The number of carbonyl (C=O) groups excluding carboxylic acids is 3. The molecule has 1 aromatic heterocycles. The predicted molar refractivity (Wildman–Crippen MR) is 258 cm³/mol. The highest BCUT2D eigenvalue weighted by molar-refractivity contribution is 6.25. The number of aliphatic hydroxyl groups excluding tert-OH is 10. The van der Waals surface area contributed by atoms with E-state index in [1.165, 1.54) is 19.0 Å². The maximum absolute atomic E-state index is 13.7. The van der Waals surface area contributed by atoms with Crippen molar-refractivity contribution in [3.8, 4) is 16.9 Å². The highest BCUT2D eigenvalue weighted by Crippen LogP contribution is 2.58. The van der Waals surface area contributed by atoms with E-state index in [0.29, 0.717) is 32.2 Å². The minimum absolute atomic E-state index is 0.0779. The molecule has 0 radical (unpaired) electrons. The summed E-state index contributed by atoms with van der Waals surface area (Å²) in [4.78, 5) is 47.9. The molecule has 2 aliphatic carbocycles. The van der Waals surface area contributed by atoms with Gasteiger partial charge >= 0.3 is 0 Å². The number of halogens is 2. The summed E-state index contributed by atoms with van der Waals surface area (Å²) in [6.07, 6.45) is -6.54. The number of carbonyl (C=O) groups is 3. The highest BCUT2D eigenvalue weighted by atomic mass is 35.5. The van der Waals surface area contributed by atoms with Crippen LogP contribution in [0.3, 0.4) is 0 Å². The second-order valence-electron chi connectivity index (χ2n) is 18.4. The summed E-state index contributed by atoms with van der Waals surface area (Å²) in [5, 5.41) is 98.3. The van der Waals surface area contributed by atoms with Crippen LogP contribution in [0.2, 0.25) is 0 Å². The topological polar surface area (TPSA) is 289 Å². The van der Waals surface area contributed by atoms with Gasteiger partial charge in [0.25, 0.3) is 0 Å². The number of benzene rings is 2. The summed E-state index contributed by atoms with van der Waals surface area (Å²) in [5.41, 5.74) is 4.20. The molecule has 0 spiro atoms. The lowest BCUT2D eigenvalue weighted by Gasteiger charge is -2.30. The monoisotopic (exact) mass is 1020 g/mol. The third-order valence-corrected chi connectivity index (χ3v) is 13.9. The number of unbranched alkanes of at least 4 members (excludes halogenated alkanes) is 1. The van der Waals surface area contributed by atoms with Crippen molar-refractivity contribution < 1.29 is 70.2 Å². The van der Waals surface area contributed by atoms with Crippen LogP contribution in [0, 0.1) is 0 Å². The number of aryl methyl sites for hydroxylation is 1. The molecule has 1 heterocycles. The molecule has 2 fully saturated rings. The van der Waals surface area contributed by atoms with Gasteiger partial charge in [-0.3, -0.25) is 19.4 Å². The second kappa shape index (κ2) is 26.6. The van der Waals surface area contributed by atoms with Gasteiger partial charge in [-0.1, -0.05) is 42.5 Å². The van der Waals surface area contributed by atoms with Gasteiger partial charge in [0.2, 0.25) is 17.7 Å². The Hall–Kier alpha value is -4.06. The van der Waals surface area contributed by atoms with Crippen LogP contribution in [0.4, 0.5) is 0 Å². The van der Waals surface area contributed by atoms with Crippen molar-refractivity contribution in [2.24, 2.45) is 0 Å². The lowest BCUT2D eigenvalue weighted by Crippen LogP contribution is -2.50. The fraction of sp³-hybridized carbons (Fsp3) is 0.592. The van der Waals surface area contributed by atoms with Gasteiger partial charge in [0.15, 0.2) is 0 Å². The lowest BCUT2D eigenvalue weighted by atomic mass is 9.94. The smallest absolute Gasteiger partial charge is 0.224 e. The van der Waals surface area contributed by atoms with E-state index in [0.717, 1.165) is 56.2 Å². The molecule has 19 nitrogen and oxygen atoms in total. The van der Waals surface area contributed by atoms with Crippen LogP contribution in [0.5, 0.6) is 5.75 Å². The van der Waals surface area contributed by atoms with E-state index >= 15 is 0 Å². The lowest BCUT2D eigenvalue weighted by molar-refractivity contribution is -0.140. The van der Waals surface area contributed by atoms with Crippen LogP contribution >= 0.6 is 23.4 Å². The van der Waals surface area contributed by atoms with Crippen LogP contribution in [-0.4, -0.2) is 207 Å². The van der Waals surface area contributed by atoms with E-state index in [1.54, 1.807) is 10.6 Å². The maximum atomic E-state index is 13.7. The first-order valence-electron chi connectivity index (χ1n) is 23.6. The Morgan fingerprint density at radius 3 is 1.73 bits per heavy atom. The second-order valence-corrected chi connectivity index (χ2v) is 19.3. The average Bonchev–Trinajstić information content (AvgIpc) is 4.31. The van der Waals surface area contributed by atoms with Gasteiger partial charge in [0.05, 0.1) is 30.2 Å². The molecule has 10 N–H and O–H groups in total. The number of likely N-dealkylation sites (N-methyl/N-ethyl adjacent to an activating group) is 2. The molecule has 0 bridgehead atoms. The SMILES string of the molecule is CN(C[C@H](O)[C@@H](O)[C@H](O)[C@H](O)CO)C(=O)CCN(CCC(=O)N(C)C[C@H](O)[C@@H](O)[C@H](O)[C@H](O)CO)C(=O)CCCCc1ccc(CN(Cl)C2(c3cnccc3-c3ccccc3OC3CC3)CC2Cl)cc1. The highest BCUT2D eigenvalue weighted by Gasteiger charge is 2.60. The summed E-state index contributed by atoms with van der Waals surface area (Å²) >= 11 is 14.0. The zero-order chi connectivity index (χ0) is 51.3. The van der Waals surface area contributed by atoms with Crippen molar-refractivity contribution in [3.63, 3.8) is 0 Å². The Balaban J connectivity index is 1.16. The number of hydrogen-bond donors (Lipinski definition) is 10. The van der Waals surface area contributed by atoms with Crippen molar-refractivity contribution in [2.75, 3.05) is 53.5 Å². The quantitative estimate of drug-likeness (QED) is 0.0244. The van der Waals surface area contributed by atoms with E-state index in [1.807, 2.05) is 60.8 Å². The van der Waals surface area contributed by atoms with Gasteiger partial charge in [-0.05, 0) is 79.1 Å². The number of nitrogens with zero attached hydrogens (tertiary/aromatic N) is 5.